The van der Waals surface area contributed by atoms with Crippen molar-refractivity contribution in [2.75, 3.05) is 6.54 Å². The van der Waals surface area contributed by atoms with Crippen LogP contribution in [0.3, 0.4) is 0 Å². The van der Waals surface area contributed by atoms with E-state index in [2.05, 4.69) is 31.5 Å². The highest BCUT2D eigenvalue weighted by Crippen LogP contribution is 2.15. The lowest BCUT2D eigenvalue weighted by atomic mass is 9.94. The molecule has 3 rings (SSSR count). The number of nitrogens with one attached hydrogen (secondary N) is 2. The molecule has 8 heteroatoms. The molecule has 2 unspecified atom stereocenters. The summed E-state index contributed by atoms with van der Waals surface area (Å²) in [5, 5.41) is 5.87. The Balaban J connectivity index is 1.79. The van der Waals surface area contributed by atoms with Gasteiger partial charge in [-0.3, -0.25) is 19.0 Å². The number of nitrogens with zero attached hydrogens (tertiary/aromatic N) is 2. The summed E-state index contributed by atoms with van der Waals surface area (Å²) in [6.07, 6.45) is 2.16. The first-order valence-corrected chi connectivity index (χ1v) is 8.47. The van der Waals surface area contributed by atoms with E-state index in [1.807, 2.05) is 6.92 Å². The molecule has 1 aliphatic rings. The van der Waals surface area contributed by atoms with Gasteiger partial charge in [0.1, 0.15) is 12.6 Å². The maximum absolute atomic E-state index is 12.5. The van der Waals surface area contributed by atoms with Crippen molar-refractivity contribution in [2.24, 2.45) is 5.92 Å². The Labute approximate surface area is 146 Å². The van der Waals surface area contributed by atoms with E-state index in [-0.39, 0.29) is 29.8 Å². The fourth-order valence-corrected chi connectivity index (χ4v) is 3.14. The van der Waals surface area contributed by atoms with Crippen LogP contribution in [0.1, 0.15) is 13.3 Å². The Kier molecular flexibility index (Phi) is 4.66. The van der Waals surface area contributed by atoms with Crippen LogP contribution in [0.25, 0.3) is 10.9 Å². The molecule has 1 aromatic heterocycles. The molecule has 0 radical (unpaired) electrons. The van der Waals surface area contributed by atoms with Gasteiger partial charge in [0, 0.05) is 11.0 Å². The third-order valence-electron chi connectivity index (χ3n) is 4.17. The lowest BCUT2D eigenvalue weighted by Gasteiger charge is -2.29. The zero-order chi connectivity index (χ0) is 17.3. The van der Waals surface area contributed by atoms with Gasteiger partial charge in [0.2, 0.25) is 11.8 Å². The summed E-state index contributed by atoms with van der Waals surface area (Å²) in [6, 6.07) is 4.65. The molecule has 2 atom stereocenters. The van der Waals surface area contributed by atoms with E-state index in [9.17, 15) is 14.4 Å². The van der Waals surface area contributed by atoms with Gasteiger partial charge >= 0.3 is 0 Å². The number of rotatable bonds is 3. The molecule has 24 heavy (non-hydrogen) atoms. The molecule has 1 saturated heterocycles. The zero-order valence-corrected chi connectivity index (χ0v) is 14.7. The van der Waals surface area contributed by atoms with Gasteiger partial charge in [-0.25, -0.2) is 4.98 Å². The number of piperidine rings is 1. The van der Waals surface area contributed by atoms with E-state index in [1.54, 1.807) is 18.2 Å². The Morgan fingerprint density at radius 2 is 2.25 bits per heavy atom. The van der Waals surface area contributed by atoms with Gasteiger partial charge in [-0.15, -0.1) is 0 Å². The number of halogens is 1. The molecule has 2 N–H and O–H groups in total. The largest absolute Gasteiger partial charge is 0.354 e. The fourth-order valence-electron chi connectivity index (χ4n) is 2.78. The van der Waals surface area contributed by atoms with Crippen LogP contribution in [0.15, 0.2) is 33.8 Å². The lowest BCUT2D eigenvalue weighted by molar-refractivity contribution is -0.131. The Morgan fingerprint density at radius 1 is 1.46 bits per heavy atom. The summed E-state index contributed by atoms with van der Waals surface area (Å²) in [5.41, 5.74) is 0.276. The second-order valence-electron chi connectivity index (χ2n) is 5.94. The molecular formula is C16H17BrN4O3. The number of carbonyl (C=O) groups excluding carboxylic acids is 2. The van der Waals surface area contributed by atoms with Crippen LogP contribution in [-0.4, -0.2) is 34.0 Å². The summed E-state index contributed by atoms with van der Waals surface area (Å²) < 4.78 is 2.01. The number of aromatic nitrogens is 2. The van der Waals surface area contributed by atoms with Crippen LogP contribution in [0.5, 0.6) is 0 Å². The number of hydrogen-bond donors (Lipinski definition) is 2. The Morgan fingerprint density at radius 3 is 3.00 bits per heavy atom. The van der Waals surface area contributed by atoms with Gasteiger partial charge < -0.3 is 10.6 Å². The second-order valence-corrected chi connectivity index (χ2v) is 6.86. The molecule has 126 valence electrons. The van der Waals surface area contributed by atoms with Crippen LogP contribution in [-0.2, 0) is 16.1 Å². The van der Waals surface area contributed by atoms with Gasteiger partial charge in [0.05, 0.1) is 17.2 Å². The van der Waals surface area contributed by atoms with Crippen molar-refractivity contribution in [1.29, 1.82) is 0 Å². The maximum atomic E-state index is 12.5. The number of benzene rings is 1. The highest BCUT2D eigenvalue weighted by atomic mass is 79.9. The normalized spacial score (nSPS) is 20.7. The van der Waals surface area contributed by atoms with Crippen molar-refractivity contribution >= 4 is 38.6 Å². The molecule has 2 heterocycles. The van der Waals surface area contributed by atoms with Gasteiger partial charge in [0.25, 0.3) is 5.56 Å². The van der Waals surface area contributed by atoms with Crippen LogP contribution < -0.4 is 16.2 Å². The minimum atomic E-state index is -0.565. The fraction of sp³-hybridized carbons (Fsp3) is 0.375. The second kappa shape index (κ2) is 6.72. The van der Waals surface area contributed by atoms with Crippen molar-refractivity contribution in [2.45, 2.75) is 25.9 Å². The highest BCUT2D eigenvalue weighted by molar-refractivity contribution is 9.10. The smallest absolute Gasteiger partial charge is 0.261 e. The van der Waals surface area contributed by atoms with E-state index >= 15 is 0 Å². The third-order valence-corrected chi connectivity index (χ3v) is 4.66. The first-order chi connectivity index (χ1) is 11.5. The first-order valence-electron chi connectivity index (χ1n) is 7.67. The predicted octanol–water partition coefficient (Wildman–Crippen LogP) is 0.800. The van der Waals surface area contributed by atoms with Crippen LogP contribution in [0, 0.1) is 5.92 Å². The van der Waals surface area contributed by atoms with Crippen molar-refractivity contribution in [3.63, 3.8) is 0 Å². The van der Waals surface area contributed by atoms with E-state index in [0.29, 0.717) is 17.4 Å². The monoisotopic (exact) mass is 392 g/mol. The van der Waals surface area contributed by atoms with Crippen molar-refractivity contribution < 1.29 is 9.59 Å². The molecule has 7 nitrogen and oxygen atoms in total. The van der Waals surface area contributed by atoms with Gasteiger partial charge in [0.15, 0.2) is 0 Å². The number of fused-ring (bicyclic) bond motifs is 1. The average molecular weight is 393 g/mol. The van der Waals surface area contributed by atoms with E-state index in [4.69, 9.17) is 0 Å². The Bertz CT molecular complexity index is 864. The third kappa shape index (κ3) is 3.33. The number of carbonyl (C=O) groups is 2. The van der Waals surface area contributed by atoms with E-state index in [0.717, 1.165) is 10.9 Å². The standard InChI is InChI=1S/C16H17BrN4O3/c1-9-4-5-18-15(23)14(9)20-13(22)7-21-8-19-12-3-2-10(17)6-11(12)16(21)24/h2-3,6,8-9,14H,4-5,7H2,1H3,(H,18,23)(H,20,22). The summed E-state index contributed by atoms with van der Waals surface area (Å²) in [7, 11) is 0. The first kappa shape index (κ1) is 16.6. The SMILES string of the molecule is CC1CCNC(=O)C1NC(=O)Cn1cnc2ccc(Br)cc2c1=O. The summed E-state index contributed by atoms with van der Waals surface area (Å²) >= 11 is 3.32. The van der Waals surface area contributed by atoms with Crippen LogP contribution >= 0.6 is 15.9 Å². The zero-order valence-electron chi connectivity index (χ0n) is 13.1. The molecule has 0 spiro atoms. The van der Waals surface area contributed by atoms with Gasteiger partial charge in [-0.2, -0.15) is 0 Å². The van der Waals surface area contributed by atoms with Gasteiger partial charge in [-0.1, -0.05) is 22.9 Å². The van der Waals surface area contributed by atoms with Crippen molar-refractivity contribution in [1.82, 2.24) is 20.2 Å². The summed E-state index contributed by atoms with van der Waals surface area (Å²) in [6.45, 7) is 2.37. The molecule has 0 bridgehead atoms. The molecule has 1 aliphatic heterocycles. The number of hydrogen-bond acceptors (Lipinski definition) is 4. The minimum absolute atomic E-state index is 0.0603. The predicted molar refractivity (Wildman–Crippen MR) is 92.4 cm³/mol. The molecule has 0 saturated carbocycles. The van der Waals surface area contributed by atoms with Gasteiger partial charge in [-0.05, 0) is 30.5 Å². The molecular weight excluding hydrogens is 376 g/mol. The van der Waals surface area contributed by atoms with Crippen LogP contribution in [0.2, 0.25) is 0 Å². The maximum Gasteiger partial charge on any atom is 0.261 e. The summed E-state index contributed by atoms with van der Waals surface area (Å²) in [5.74, 6) is -0.512. The highest BCUT2D eigenvalue weighted by Gasteiger charge is 2.30. The molecule has 2 aromatic rings. The average Bonchev–Trinajstić information content (AvgIpc) is 2.54. The quantitative estimate of drug-likeness (QED) is 0.807. The van der Waals surface area contributed by atoms with Crippen LogP contribution in [0.4, 0.5) is 0 Å². The number of amides is 2. The molecule has 0 aliphatic carbocycles. The molecule has 1 fully saturated rings. The molecule has 1 aromatic carbocycles. The van der Waals surface area contributed by atoms with E-state index < -0.39 is 6.04 Å². The lowest BCUT2D eigenvalue weighted by Crippen LogP contribution is -2.55. The van der Waals surface area contributed by atoms with Crippen molar-refractivity contribution in [3.8, 4) is 0 Å². The topological polar surface area (TPSA) is 93.1 Å². The van der Waals surface area contributed by atoms with E-state index in [1.165, 1.54) is 10.9 Å². The Hall–Kier alpha value is -2.22. The molecule has 2 amide bonds. The van der Waals surface area contributed by atoms with Crippen molar-refractivity contribution in [3.05, 3.63) is 39.4 Å². The summed E-state index contributed by atoms with van der Waals surface area (Å²) in [4.78, 5) is 40.8. The minimum Gasteiger partial charge on any atom is -0.354 e.